The number of fused-ring (bicyclic) bond motifs is 2. The number of ether oxygens (including phenoxy) is 2. The van der Waals surface area contributed by atoms with E-state index < -0.39 is 17.6 Å². The Morgan fingerprint density at radius 3 is 2.61 bits per heavy atom. The Kier molecular flexibility index (Phi) is 6.84. The summed E-state index contributed by atoms with van der Waals surface area (Å²) in [6, 6.07) is 18.8. The quantitative estimate of drug-likeness (QED) is 0.354. The van der Waals surface area contributed by atoms with Gasteiger partial charge in [0.1, 0.15) is 16.3 Å². The molecule has 0 spiro atoms. The van der Waals surface area contributed by atoms with Gasteiger partial charge in [0, 0.05) is 27.4 Å². The number of nitrogens with one attached hydrogen (secondary N) is 1. The van der Waals surface area contributed by atoms with Gasteiger partial charge in [0.25, 0.3) is 11.5 Å². The number of methoxy groups -OCH3 is 1. The molecule has 1 N–H and O–H groups in total. The lowest BCUT2D eigenvalue weighted by Crippen LogP contribution is -2.40. The monoisotopic (exact) mass is 585 g/mol. The van der Waals surface area contributed by atoms with Crippen LogP contribution < -0.4 is 24.9 Å². The van der Waals surface area contributed by atoms with Gasteiger partial charge in [-0.1, -0.05) is 64.9 Å². The van der Waals surface area contributed by atoms with Crippen LogP contribution in [0.1, 0.15) is 35.2 Å². The molecule has 10 heteroatoms. The van der Waals surface area contributed by atoms with Crippen LogP contribution >= 0.6 is 22.9 Å². The lowest BCUT2D eigenvalue weighted by molar-refractivity contribution is -0.138. The van der Waals surface area contributed by atoms with Crippen molar-refractivity contribution in [2.75, 3.05) is 19.0 Å². The van der Waals surface area contributed by atoms with Crippen LogP contribution in [-0.4, -0.2) is 30.2 Å². The number of thiazole rings is 1. The molecular weight excluding hydrogens is 562 g/mol. The van der Waals surface area contributed by atoms with E-state index in [0.29, 0.717) is 43.6 Å². The largest absolute Gasteiger partial charge is 0.496 e. The van der Waals surface area contributed by atoms with Gasteiger partial charge < -0.3 is 14.8 Å². The minimum absolute atomic E-state index is 0.120. The molecule has 1 amide bonds. The van der Waals surface area contributed by atoms with Gasteiger partial charge in [-0.25, -0.2) is 9.79 Å². The number of carbonyl (C=O) groups excluding carboxylic acids is 2. The first-order valence-electron chi connectivity index (χ1n) is 12.9. The molecule has 41 heavy (non-hydrogen) atoms. The normalized spacial score (nSPS) is 17.0. The molecule has 6 rings (SSSR count). The number of hydrogen-bond donors (Lipinski definition) is 1. The fourth-order valence-corrected chi connectivity index (χ4v) is 6.49. The third-order valence-corrected chi connectivity index (χ3v) is 8.27. The molecule has 0 saturated carbocycles. The Labute approximate surface area is 243 Å². The van der Waals surface area contributed by atoms with E-state index in [1.54, 1.807) is 25.1 Å². The Morgan fingerprint density at radius 2 is 1.88 bits per heavy atom. The summed E-state index contributed by atoms with van der Waals surface area (Å²) in [5.41, 5.74) is 3.70. The third kappa shape index (κ3) is 4.47. The average Bonchev–Trinajstić information content (AvgIpc) is 3.46. The maximum Gasteiger partial charge on any atom is 0.338 e. The summed E-state index contributed by atoms with van der Waals surface area (Å²) in [6.45, 7) is 3.75. The number of rotatable bonds is 5. The summed E-state index contributed by atoms with van der Waals surface area (Å²) in [5, 5.41) is 3.25. The number of aryl methyl sites for hydroxylation is 1. The van der Waals surface area contributed by atoms with Gasteiger partial charge in [-0.15, -0.1) is 0 Å². The summed E-state index contributed by atoms with van der Waals surface area (Å²) in [6.07, 6.45) is 0. The maximum atomic E-state index is 14.3. The van der Waals surface area contributed by atoms with Crippen LogP contribution in [0.4, 0.5) is 5.69 Å². The van der Waals surface area contributed by atoms with Crippen LogP contribution in [0.15, 0.2) is 82.1 Å². The highest BCUT2D eigenvalue weighted by atomic mass is 35.5. The van der Waals surface area contributed by atoms with E-state index in [0.717, 1.165) is 16.9 Å². The van der Waals surface area contributed by atoms with Crippen molar-refractivity contribution >= 4 is 51.8 Å². The number of halogens is 1. The van der Waals surface area contributed by atoms with Gasteiger partial charge in [-0.05, 0) is 44.2 Å². The number of nitrogens with zero attached hydrogens (tertiary/aromatic N) is 2. The highest BCUT2D eigenvalue weighted by molar-refractivity contribution is 7.07. The molecule has 0 radical (unpaired) electrons. The number of hydrogen-bond acceptors (Lipinski definition) is 7. The van der Waals surface area contributed by atoms with E-state index in [1.807, 2.05) is 55.5 Å². The smallest absolute Gasteiger partial charge is 0.338 e. The van der Waals surface area contributed by atoms with Crippen molar-refractivity contribution < 1.29 is 19.1 Å². The summed E-state index contributed by atoms with van der Waals surface area (Å²) < 4.78 is 12.8. The zero-order valence-electron chi connectivity index (χ0n) is 22.4. The molecular formula is C31H24ClN3O5S. The molecule has 2 aliphatic heterocycles. The number of carbonyl (C=O) groups is 2. The SMILES string of the molecule is CCOC(=O)C1=C(c2ccccc2)N=c2s/c(=C3/C(=O)Nc4ccc(C)cc43)c(=O)n2[C@@H]1c1cc(Cl)ccc1OC. The number of aromatic nitrogens is 1. The molecule has 8 nitrogen and oxygen atoms in total. The maximum absolute atomic E-state index is 14.3. The zero-order valence-corrected chi connectivity index (χ0v) is 23.9. The van der Waals surface area contributed by atoms with Gasteiger partial charge in [0.05, 0.1) is 30.6 Å². The van der Waals surface area contributed by atoms with Gasteiger partial charge >= 0.3 is 5.97 Å². The third-order valence-electron chi connectivity index (χ3n) is 6.98. The number of esters is 1. The van der Waals surface area contributed by atoms with Crippen molar-refractivity contribution in [2.24, 2.45) is 4.99 Å². The van der Waals surface area contributed by atoms with Crippen molar-refractivity contribution in [1.82, 2.24) is 4.57 Å². The molecule has 1 atom stereocenters. The van der Waals surface area contributed by atoms with Gasteiger partial charge in [0.2, 0.25) is 0 Å². The van der Waals surface area contributed by atoms with E-state index in [4.69, 9.17) is 26.1 Å². The molecule has 2 aliphatic rings. The molecule has 206 valence electrons. The first-order chi connectivity index (χ1) is 19.8. The summed E-state index contributed by atoms with van der Waals surface area (Å²) in [7, 11) is 1.51. The van der Waals surface area contributed by atoms with E-state index in [-0.39, 0.29) is 28.2 Å². The first kappa shape index (κ1) is 26.7. The molecule has 4 aromatic rings. The number of benzene rings is 3. The summed E-state index contributed by atoms with van der Waals surface area (Å²) in [5.74, 6) is -0.575. The Bertz CT molecular complexity index is 1960. The van der Waals surface area contributed by atoms with Crippen LogP contribution in [0.5, 0.6) is 5.75 Å². The lowest BCUT2D eigenvalue weighted by Gasteiger charge is -2.27. The number of amides is 1. The van der Waals surface area contributed by atoms with Gasteiger partial charge in [-0.2, -0.15) is 0 Å². The molecule has 0 bridgehead atoms. The summed E-state index contributed by atoms with van der Waals surface area (Å²) >= 11 is 7.55. The minimum Gasteiger partial charge on any atom is -0.496 e. The topological polar surface area (TPSA) is 99.0 Å². The van der Waals surface area contributed by atoms with Crippen molar-refractivity contribution in [1.29, 1.82) is 0 Å². The van der Waals surface area contributed by atoms with Crippen LogP contribution in [0, 0.1) is 6.92 Å². The second-order valence-corrected chi connectivity index (χ2v) is 10.9. The highest BCUT2D eigenvalue weighted by Gasteiger charge is 2.38. The molecule has 0 aliphatic carbocycles. The van der Waals surface area contributed by atoms with E-state index in [9.17, 15) is 14.4 Å². The first-order valence-corrected chi connectivity index (χ1v) is 14.1. The van der Waals surface area contributed by atoms with Crippen molar-refractivity contribution in [3.63, 3.8) is 0 Å². The minimum atomic E-state index is -0.995. The van der Waals surface area contributed by atoms with E-state index >= 15 is 0 Å². The molecule has 3 heterocycles. The Hall–Kier alpha value is -4.47. The van der Waals surface area contributed by atoms with Crippen LogP contribution in [0.3, 0.4) is 0 Å². The van der Waals surface area contributed by atoms with Crippen LogP contribution in [0.2, 0.25) is 5.02 Å². The van der Waals surface area contributed by atoms with Gasteiger partial charge in [-0.3, -0.25) is 14.2 Å². The highest BCUT2D eigenvalue weighted by Crippen LogP contribution is 2.40. The van der Waals surface area contributed by atoms with Crippen molar-refractivity contribution in [3.05, 3.63) is 119 Å². The Morgan fingerprint density at radius 1 is 1.10 bits per heavy atom. The predicted octanol–water partition coefficient (Wildman–Crippen LogP) is 4.23. The molecule has 0 fully saturated rings. The van der Waals surface area contributed by atoms with Crippen molar-refractivity contribution in [3.8, 4) is 5.75 Å². The summed E-state index contributed by atoms with van der Waals surface area (Å²) in [4.78, 5) is 46.4. The predicted molar refractivity (Wildman–Crippen MR) is 158 cm³/mol. The average molecular weight is 586 g/mol. The Balaban J connectivity index is 1.76. The van der Waals surface area contributed by atoms with Crippen molar-refractivity contribution in [2.45, 2.75) is 19.9 Å². The number of anilines is 1. The van der Waals surface area contributed by atoms with Gasteiger partial charge in [0.15, 0.2) is 4.80 Å². The van der Waals surface area contributed by atoms with E-state index in [1.165, 1.54) is 11.7 Å². The fraction of sp³-hybridized carbons (Fsp3) is 0.161. The lowest BCUT2D eigenvalue weighted by atomic mass is 9.92. The second kappa shape index (κ2) is 10.5. The van der Waals surface area contributed by atoms with Crippen LogP contribution in [0.25, 0.3) is 11.3 Å². The van der Waals surface area contributed by atoms with Crippen LogP contribution in [-0.2, 0) is 14.3 Å². The molecule has 3 aromatic carbocycles. The second-order valence-electron chi connectivity index (χ2n) is 9.52. The molecule has 0 unspecified atom stereocenters. The fourth-order valence-electron chi connectivity index (χ4n) is 5.21. The van der Waals surface area contributed by atoms with E-state index in [2.05, 4.69) is 5.32 Å². The standard InChI is InChI=1S/C31H24ClN3O5S/c1-4-40-30(38)24-25(17-8-6-5-7-9-17)34-31-35(26(24)20-15-18(32)11-13-22(20)39-3)29(37)27(41-31)23-19-14-16(2)10-12-21(19)33-28(23)36/h5-15,26H,4H2,1-3H3,(H,33,36)/b27-23+/t26-/m1/s1. The zero-order chi connectivity index (χ0) is 28.8. The molecule has 0 saturated heterocycles. The molecule has 1 aromatic heterocycles.